The summed E-state index contributed by atoms with van der Waals surface area (Å²) in [5.41, 5.74) is 9.33. The van der Waals surface area contributed by atoms with Crippen molar-refractivity contribution in [3.8, 4) is 0 Å². The maximum atomic E-state index is 6.11. The van der Waals surface area contributed by atoms with Crippen LogP contribution in [0.1, 0.15) is 24.2 Å². The van der Waals surface area contributed by atoms with Crippen molar-refractivity contribution in [3.63, 3.8) is 0 Å². The largest absolute Gasteiger partial charge is 0.467 e. The van der Waals surface area contributed by atoms with Crippen LogP contribution in [0.5, 0.6) is 0 Å². The monoisotopic (exact) mass is 242 g/mol. The lowest BCUT2D eigenvalue weighted by Crippen LogP contribution is -2.25. The fraction of sp³-hybridized carbons (Fsp3) is 0.333. The lowest BCUT2D eigenvalue weighted by Gasteiger charge is -2.25. The Morgan fingerprint density at radius 3 is 2.83 bits per heavy atom. The van der Waals surface area contributed by atoms with Crippen LogP contribution in [0.2, 0.25) is 0 Å². The Morgan fingerprint density at radius 1 is 1.33 bits per heavy atom. The van der Waals surface area contributed by atoms with E-state index in [1.54, 1.807) is 6.26 Å². The molecular weight excluding hydrogens is 224 g/mol. The number of hydrogen-bond acceptors (Lipinski definition) is 3. The van der Waals surface area contributed by atoms with Crippen LogP contribution in [0.25, 0.3) is 0 Å². The van der Waals surface area contributed by atoms with Crippen molar-refractivity contribution in [1.82, 2.24) is 0 Å². The first-order valence-corrected chi connectivity index (χ1v) is 6.39. The Hall–Kier alpha value is -1.90. The van der Waals surface area contributed by atoms with E-state index < -0.39 is 0 Å². The fourth-order valence-corrected chi connectivity index (χ4v) is 2.27. The van der Waals surface area contributed by atoms with E-state index in [9.17, 15) is 0 Å². The summed E-state index contributed by atoms with van der Waals surface area (Å²) in [7, 11) is 0. The highest BCUT2D eigenvalue weighted by atomic mass is 16.3. The molecule has 0 amide bonds. The van der Waals surface area contributed by atoms with Gasteiger partial charge in [0, 0.05) is 6.04 Å². The Balaban J connectivity index is 1.91. The number of nitrogens with two attached hydrogens (primary N) is 1. The van der Waals surface area contributed by atoms with Crippen molar-refractivity contribution in [3.05, 3.63) is 47.9 Å². The highest BCUT2D eigenvalue weighted by molar-refractivity contribution is 5.69. The number of rotatable bonds is 4. The van der Waals surface area contributed by atoms with Crippen LogP contribution in [-0.4, -0.2) is 6.04 Å². The smallest absolute Gasteiger partial charge is 0.123 e. The summed E-state index contributed by atoms with van der Waals surface area (Å²) < 4.78 is 5.45. The van der Waals surface area contributed by atoms with Gasteiger partial charge in [-0.25, -0.2) is 0 Å². The minimum absolute atomic E-state index is 0.610. The van der Waals surface area contributed by atoms with Crippen LogP contribution in [-0.2, 0) is 6.54 Å². The number of nitrogen functional groups attached to an aromatic ring is 1. The molecular formula is C15H18N2O. The molecule has 2 aromatic rings. The van der Waals surface area contributed by atoms with Gasteiger partial charge in [0.05, 0.1) is 24.2 Å². The number of anilines is 2. The molecule has 1 saturated carbocycles. The van der Waals surface area contributed by atoms with Crippen LogP contribution in [0.3, 0.4) is 0 Å². The van der Waals surface area contributed by atoms with E-state index in [1.165, 1.54) is 18.4 Å². The van der Waals surface area contributed by atoms with Crippen molar-refractivity contribution in [2.24, 2.45) is 0 Å². The molecule has 1 fully saturated rings. The molecule has 1 aliphatic rings. The molecule has 3 heteroatoms. The summed E-state index contributed by atoms with van der Waals surface area (Å²) >= 11 is 0. The first-order chi connectivity index (χ1) is 8.74. The molecule has 2 N–H and O–H groups in total. The minimum Gasteiger partial charge on any atom is -0.467 e. The van der Waals surface area contributed by atoms with E-state index in [2.05, 4.69) is 24.0 Å². The van der Waals surface area contributed by atoms with Gasteiger partial charge in [-0.3, -0.25) is 0 Å². The fourth-order valence-electron chi connectivity index (χ4n) is 2.27. The molecule has 1 aliphatic carbocycles. The minimum atomic E-state index is 0.610. The second-order valence-electron chi connectivity index (χ2n) is 5.00. The van der Waals surface area contributed by atoms with Crippen LogP contribution in [0, 0.1) is 6.92 Å². The van der Waals surface area contributed by atoms with Gasteiger partial charge in [-0.1, -0.05) is 6.07 Å². The standard InChI is InChI=1S/C15H18N2O/c1-11-4-7-14(16)15(9-11)17(12-5-6-12)10-13-3-2-8-18-13/h2-4,7-9,12H,5-6,10,16H2,1H3. The maximum Gasteiger partial charge on any atom is 0.123 e. The SMILES string of the molecule is Cc1ccc(N)c(N(Cc2ccco2)C2CC2)c1. The third kappa shape index (κ3) is 2.21. The molecule has 0 radical (unpaired) electrons. The molecule has 0 spiro atoms. The lowest BCUT2D eigenvalue weighted by molar-refractivity contribution is 0.501. The molecule has 3 rings (SSSR count). The quantitative estimate of drug-likeness (QED) is 0.836. The van der Waals surface area contributed by atoms with Gasteiger partial charge in [0.2, 0.25) is 0 Å². The summed E-state index contributed by atoms with van der Waals surface area (Å²) in [5.74, 6) is 0.989. The molecule has 0 aliphatic heterocycles. The normalized spacial score (nSPS) is 14.7. The second kappa shape index (κ2) is 4.41. The summed E-state index contributed by atoms with van der Waals surface area (Å²) in [5, 5.41) is 0. The van der Waals surface area contributed by atoms with Crippen molar-refractivity contribution in [2.45, 2.75) is 32.4 Å². The number of hydrogen-bond donors (Lipinski definition) is 1. The van der Waals surface area contributed by atoms with Crippen LogP contribution >= 0.6 is 0 Å². The molecule has 0 atom stereocenters. The average Bonchev–Trinajstić information content (AvgIpc) is 3.07. The van der Waals surface area contributed by atoms with Crippen molar-refractivity contribution >= 4 is 11.4 Å². The molecule has 0 saturated heterocycles. The average molecular weight is 242 g/mol. The van der Waals surface area contributed by atoms with Gasteiger partial charge in [0.1, 0.15) is 5.76 Å². The zero-order valence-electron chi connectivity index (χ0n) is 10.6. The third-order valence-electron chi connectivity index (χ3n) is 3.39. The van der Waals surface area contributed by atoms with E-state index >= 15 is 0 Å². The molecule has 1 aromatic carbocycles. The number of benzene rings is 1. The van der Waals surface area contributed by atoms with Crippen molar-refractivity contribution in [1.29, 1.82) is 0 Å². The first kappa shape index (κ1) is 11.2. The maximum absolute atomic E-state index is 6.11. The zero-order valence-corrected chi connectivity index (χ0v) is 10.6. The summed E-state index contributed by atoms with van der Waals surface area (Å²) in [4.78, 5) is 2.36. The Bertz CT molecular complexity index is 529. The molecule has 0 unspecified atom stereocenters. The molecule has 18 heavy (non-hydrogen) atoms. The van der Waals surface area contributed by atoms with Gasteiger partial charge < -0.3 is 15.1 Å². The molecule has 94 valence electrons. The van der Waals surface area contributed by atoms with E-state index in [0.717, 1.165) is 23.7 Å². The molecule has 0 bridgehead atoms. The van der Waals surface area contributed by atoms with Gasteiger partial charge >= 0.3 is 0 Å². The third-order valence-corrected chi connectivity index (χ3v) is 3.39. The van der Waals surface area contributed by atoms with E-state index in [-0.39, 0.29) is 0 Å². The number of aryl methyl sites for hydroxylation is 1. The Morgan fingerprint density at radius 2 is 2.17 bits per heavy atom. The lowest BCUT2D eigenvalue weighted by atomic mass is 10.1. The van der Waals surface area contributed by atoms with E-state index in [1.807, 2.05) is 18.2 Å². The number of furan rings is 1. The van der Waals surface area contributed by atoms with Gasteiger partial charge in [0.25, 0.3) is 0 Å². The molecule has 1 heterocycles. The number of nitrogens with zero attached hydrogens (tertiary/aromatic N) is 1. The van der Waals surface area contributed by atoms with Crippen molar-refractivity contribution < 1.29 is 4.42 Å². The van der Waals surface area contributed by atoms with Gasteiger partial charge in [-0.05, 0) is 49.6 Å². The van der Waals surface area contributed by atoms with Gasteiger partial charge in [0.15, 0.2) is 0 Å². The predicted molar refractivity (Wildman–Crippen MR) is 73.5 cm³/mol. The van der Waals surface area contributed by atoms with Crippen LogP contribution in [0.4, 0.5) is 11.4 Å². The Kier molecular flexibility index (Phi) is 2.74. The summed E-state index contributed by atoms with van der Waals surface area (Å²) in [6, 6.07) is 10.8. The van der Waals surface area contributed by atoms with Gasteiger partial charge in [-0.15, -0.1) is 0 Å². The first-order valence-electron chi connectivity index (χ1n) is 6.39. The van der Waals surface area contributed by atoms with E-state index in [4.69, 9.17) is 10.2 Å². The molecule has 1 aromatic heterocycles. The zero-order chi connectivity index (χ0) is 12.5. The predicted octanol–water partition coefficient (Wildman–Crippen LogP) is 3.34. The Labute approximate surface area is 107 Å². The second-order valence-corrected chi connectivity index (χ2v) is 5.00. The van der Waals surface area contributed by atoms with E-state index in [0.29, 0.717) is 6.04 Å². The highest BCUT2D eigenvalue weighted by Gasteiger charge is 2.30. The highest BCUT2D eigenvalue weighted by Crippen LogP contribution is 2.36. The molecule has 3 nitrogen and oxygen atoms in total. The van der Waals surface area contributed by atoms with Crippen molar-refractivity contribution in [2.75, 3.05) is 10.6 Å². The summed E-state index contributed by atoms with van der Waals surface area (Å²) in [6.07, 6.45) is 4.21. The van der Waals surface area contributed by atoms with Crippen LogP contribution < -0.4 is 10.6 Å². The topological polar surface area (TPSA) is 42.4 Å². The summed E-state index contributed by atoms with van der Waals surface area (Å²) in [6.45, 7) is 2.90. The van der Waals surface area contributed by atoms with Crippen LogP contribution in [0.15, 0.2) is 41.0 Å². The van der Waals surface area contributed by atoms with Gasteiger partial charge in [-0.2, -0.15) is 0 Å².